The van der Waals surface area contributed by atoms with E-state index in [1.54, 1.807) is 10.7 Å². The molecule has 0 aliphatic carbocycles. The van der Waals surface area contributed by atoms with Gasteiger partial charge in [-0.3, -0.25) is 10.1 Å². The molecule has 1 aromatic carbocycles. The Labute approximate surface area is 113 Å². The lowest BCUT2D eigenvalue weighted by Crippen LogP contribution is -2.08. The van der Waals surface area contributed by atoms with Gasteiger partial charge in [0, 0.05) is 18.2 Å². The summed E-state index contributed by atoms with van der Waals surface area (Å²) in [7, 11) is 0. The first-order chi connectivity index (χ1) is 9.13. The molecule has 0 unspecified atom stereocenters. The van der Waals surface area contributed by atoms with Crippen molar-refractivity contribution in [1.29, 1.82) is 0 Å². The largest absolute Gasteiger partial charge is 0.330 e. The van der Waals surface area contributed by atoms with Crippen molar-refractivity contribution in [3.8, 4) is 11.4 Å². The number of rotatable bonds is 5. The van der Waals surface area contributed by atoms with Gasteiger partial charge in [0.05, 0.1) is 4.92 Å². The molecule has 2 aromatic rings. The molecule has 8 nitrogen and oxygen atoms in total. The molecule has 1 heterocycles. The predicted octanol–water partition coefficient (Wildman–Crippen LogP) is 1.25. The van der Waals surface area contributed by atoms with Gasteiger partial charge in [-0.2, -0.15) is 0 Å². The number of nitro groups is 1. The maximum Gasteiger partial charge on any atom is 0.288 e. The molecular formula is C10H11ClN6O2. The van der Waals surface area contributed by atoms with Crippen LogP contribution in [0.3, 0.4) is 0 Å². The molecule has 100 valence electrons. The molecule has 9 heteroatoms. The highest BCUT2D eigenvalue weighted by molar-refractivity contribution is 6.32. The van der Waals surface area contributed by atoms with E-state index in [-0.39, 0.29) is 10.7 Å². The summed E-state index contributed by atoms with van der Waals surface area (Å²) in [5.41, 5.74) is 5.80. The first kappa shape index (κ1) is 13.4. The Balaban J connectivity index is 2.39. The SMILES string of the molecule is NCCCn1nnnc1-c1ccc(Cl)c([N+](=O)[O-])c1. The number of hydrogen-bond donors (Lipinski definition) is 1. The third-order valence-electron chi connectivity index (χ3n) is 2.51. The smallest absolute Gasteiger partial charge is 0.288 e. The van der Waals surface area contributed by atoms with E-state index in [1.165, 1.54) is 12.1 Å². The van der Waals surface area contributed by atoms with Crippen LogP contribution in [0.5, 0.6) is 0 Å². The predicted molar refractivity (Wildman–Crippen MR) is 68.6 cm³/mol. The van der Waals surface area contributed by atoms with Crippen LogP contribution in [0.25, 0.3) is 11.4 Å². The van der Waals surface area contributed by atoms with Crippen LogP contribution in [0, 0.1) is 10.1 Å². The third kappa shape index (κ3) is 2.85. The number of nitrogens with zero attached hydrogens (tertiary/aromatic N) is 5. The quantitative estimate of drug-likeness (QED) is 0.652. The summed E-state index contributed by atoms with van der Waals surface area (Å²) in [5, 5.41) is 22.2. The van der Waals surface area contributed by atoms with Crippen LogP contribution in [0.4, 0.5) is 5.69 Å². The minimum absolute atomic E-state index is 0.0785. The zero-order valence-electron chi connectivity index (χ0n) is 9.86. The second kappa shape index (κ2) is 5.72. The molecule has 2 N–H and O–H groups in total. The van der Waals surface area contributed by atoms with Gasteiger partial charge in [0.2, 0.25) is 0 Å². The molecule has 2 rings (SSSR count). The van der Waals surface area contributed by atoms with Gasteiger partial charge in [0.25, 0.3) is 5.69 Å². The van der Waals surface area contributed by atoms with Crippen molar-refractivity contribution < 1.29 is 4.92 Å². The molecule has 0 aliphatic rings. The van der Waals surface area contributed by atoms with E-state index < -0.39 is 4.92 Å². The van der Waals surface area contributed by atoms with Gasteiger partial charge in [-0.15, -0.1) is 5.10 Å². The molecule has 0 spiro atoms. The average Bonchev–Trinajstić information content (AvgIpc) is 2.85. The van der Waals surface area contributed by atoms with Crippen molar-refractivity contribution in [2.75, 3.05) is 6.54 Å². The molecule has 0 fully saturated rings. The van der Waals surface area contributed by atoms with Crippen molar-refractivity contribution in [2.45, 2.75) is 13.0 Å². The minimum atomic E-state index is -0.542. The lowest BCUT2D eigenvalue weighted by Gasteiger charge is -2.04. The Hall–Kier alpha value is -2.06. The summed E-state index contributed by atoms with van der Waals surface area (Å²) in [6.07, 6.45) is 0.716. The van der Waals surface area contributed by atoms with Crippen LogP contribution >= 0.6 is 11.6 Å². The topological polar surface area (TPSA) is 113 Å². The molecule has 0 atom stereocenters. The highest BCUT2D eigenvalue weighted by atomic mass is 35.5. The fourth-order valence-corrected chi connectivity index (χ4v) is 1.78. The second-order valence-corrected chi connectivity index (χ2v) is 4.20. The first-order valence-electron chi connectivity index (χ1n) is 5.54. The highest BCUT2D eigenvalue weighted by Crippen LogP contribution is 2.29. The number of hydrogen-bond acceptors (Lipinski definition) is 6. The Morgan fingerprint density at radius 3 is 2.95 bits per heavy atom. The number of nitro benzene ring substituents is 1. The summed E-state index contributed by atoms with van der Waals surface area (Å²) in [6, 6.07) is 4.45. The Morgan fingerprint density at radius 2 is 2.26 bits per heavy atom. The maximum absolute atomic E-state index is 10.8. The number of halogens is 1. The van der Waals surface area contributed by atoms with Gasteiger partial charge in [-0.25, -0.2) is 4.68 Å². The zero-order chi connectivity index (χ0) is 13.8. The molecule has 0 amide bonds. The van der Waals surface area contributed by atoms with Crippen LogP contribution in [-0.2, 0) is 6.54 Å². The Morgan fingerprint density at radius 1 is 1.47 bits per heavy atom. The molecule has 1 aromatic heterocycles. The van der Waals surface area contributed by atoms with Crippen LogP contribution < -0.4 is 5.73 Å². The zero-order valence-corrected chi connectivity index (χ0v) is 10.6. The van der Waals surface area contributed by atoms with Crippen LogP contribution in [0.2, 0.25) is 5.02 Å². The third-order valence-corrected chi connectivity index (χ3v) is 2.83. The highest BCUT2D eigenvalue weighted by Gasteiger charge is 2.16. The molecule has 0 radical (unpaired) electrons. The summed E-state index contributed by atoms with van der Waals surface area (Å²) >= 11 is 5.76. The fraction of sp³-hybridized carbons (Fsp3) is 0.300. The first-order valence-corrected chi connectivity index (χ1v) is 5.92. The van der Waals surface area contributed by atoms with Gasteiger partial charge in [-0.1, -0.05) is 11.6 Å². The number of nitrogens with two attached hydrogens (primary N) is 1. The van der Waals surface area contributed by atoms with E-state index in [4.69, 9.17) is 17.3 Å². The number of aromatic nitrogens is 4. The van der Waals surface area contributed by atoms with Crippen LogP contribution in [-0.4, -0.2) is 31.7 Å². The van der Waals surface area contributed by atoms with Crippen molar-refractivity contribution in [3.63, 3.8) is 0 Å². The van der Waals surface area contributed by atoms with E-state index in [9.17, 15) is 10.1 Å². The maximum atomic E-state index is 10.8. The molecule has 0 bridgehead atoms. The van der Waals surface area contributed by atoms with Crippen LogP contribution in [0.1, 0.15) is 6.42 Å². The summed E-state index contributed by atoms with van der Waals surface area (Å²) < 4.78 is 1.56. The molecular weight excluding hydrogens is 272 g/mol. The standard InChI is InChI=1S/C10H11ClN6O2/c11-8-3-2-7(6-9(8)17(18)19)10-13-14-15-16(10)5-1-4-12/h2-3,6H,1,4-5,12H2. The normalized spacial score (nSPS) is 10.6. The van der Waals surface area contributed by atoms with Crippen molar-refractivity contribution >= 4 is 17.3 Å². The number of tetrazole rings is 1. The second-order valence-electron chi connectivity index (χ2n) is 3.79. The summed E-state index contributed by atoms with van der Waals surface area (Å²) in [5.74, 6) is 0.452. The van der Waals surface area contributed by atoms with Gasteiger partial charge < -0.3 is 5.73 Å². The molecule has 0 saturated heterocycles. The Bertz CT molecular complexity index is 599. The molecule has 19 heavy (non-hydrogen) atoms. The monoisotopic (exact) mass is 282 g/mol. The van der Waals surface area contributed by atoms with E-state index in [2.05, 4.69) is 15.5 Å². The van der Waals surface area contributed by atoms with Gasteiger partial charge in [0.1, 0.15) is 5.02 Å². The average molecular weight is 283 g/mol. The van der Waals surface area contributed by atoms with E-state index in [0.717, 1.165) is 0 Å². The van der Waals surface area contributed by atoms with Crippen LogP contribution in [0.15, 0.2) is 18.2 Å². The van der Waals surface area contributed by atoms with Crippen molar-refractivity contribution in [2.24, 2.45) is 5.73 Å². The van der Waals surface area contributed by atoms with Gasteiger partial charge in [0.15, 0.2) is 5.82 Å². The fourth-order valence-electron chi connectivity index (χ4n) is 1.59. The number of benzene rings is 1. The van der Waals surface area contributed by atoms with Gasteiger partial charge >= 0.3 is 0 Å². The van der Waals surface area contributed by atoms with E-state index in [1.807, 2.05) is 0 Å². The Kier molecular flexibility index (Phi) is 4.03. The lowest BCUT2D eigenvalue weighted by molar-refractivity contribution is -0.384. The number of aryl methyl sites for hydroxylation is 1. The minimum Gasteiger partial charge on any atom is -0.330 e. The molecule has 0 aliphatic heterocycles. The van der Waals surface area contributed by atoms with Crippen molar-refractivity contribution in [3.05, 3.63) is 33.3 Å². The lowest BCUT2D eigenvalue weighted by atomic mass is 10.2. The summed E-state index contributed by atoms with van der Waals surface area (Å²) in [6.45, 7) is 1.06. The van der Waals surface area contributed by atoms with E-state index >= 15 is 0 Å². The van der Waals surface area contributed by atoms with Crippen molar-refractivity contribution in [1.82, 2.24) is 20.2 Å². The van der Waals surface area contributed by atoms with E-state index in [0.29, 0.717) is 30.9 Å². The molecule has 0 saturated carbocycles. The summed E-state index contributed by atoms with van der Waals surface area (Å²) in [4.78, 5) is 10.3. The van der Waals surface area contributed by atoms with Gasteiger partial charge in [-0.05, 0) is 35.5 Å².